The first kappa shape index (κ1) is 27.0. The van der Waals surface area contributed by atoms with E-state index < -0.39 is 0 Å². The molecule has 1 fully saturated rings. The Morgan fingerprint density at radius 2 is 1.88 bits per heavy atom. The van der Waals surface area contributed by atoms with Crippen molar-refractivity contribution in [2.75, 3.05) is 52.8 Å². The van der Waals surface area contributed by atoms with Gasteiger partial charge in [-0.15, -0.1) is 24.0 Å². The Kier molecular flexibility index (Phi) is 12.1. The fraction of sp³-hybridized carbons (Fsp3) is 0.500. The van der Waals surface area contributed by atoms with Crippen LogP contribution in [0.25, 0.3) is 0 Å². The molecule has 0 bridgehead atoms. The highest BCUT2D eigenvalue weighted by atomic mass is 127. The van der Waals surface area contributed by atoms with E-state index in [0.29, 0.717) is 6.04 Å². The third kappa shape index (κ3) is 9.24. The lowest BCUT2D eigenvalue weighted by atomic mass is 10.2. The van der Waals surface area contributed by atoms with E-state index in [4.69, 9.17) is 9.47 Å². The number of ether oxygens (including phenoxy) is 2. The molecule has 3 N–H and O–H groups in total. The zero-order valence-electron chi connectivity index (χ0n) is 19.8. The number of unbranched alkanes of at least 4 members (excludes halogenated alkanes) is 1. The number of guanidine groups is 1. The minimum absolute atomic E-state index is 0. The molecule has 8 nitrogen and oxygen atoms in total. The van der Waals surface area contributed by atoms with Gasteiger partial charge in [0.05, 0.1) is 14.2 Å². The maximum absolute atomic E-state index is 5.39. The summed E-state index contributed by atoms with van der Waals surface area (Å²) in [4.78, 5) is 11.1. The van der Waals surface area contributed by atoms with Crippen molar-refractivity contribution >= 4 is 35.8 Å². The highest BCUT2D eigenvalue weighted by Gasteiger charge is 2.23. The molecule has 1 saturated heterocycles. The third-order valence-electron chi connectivity index (χ3n) is 5.52. The normalized spacial score (nSPS) is 16.1. The van der Waals surface area contributed by atoms with Crippen LogP contribution in [-0.4, -0.2) is 69.3 Å². The molecule has 1 aliphatic rings. The second kappa shape index (κ2) is 14.8. The molecule has 1 atom stereocenters. The Labute approximate surface area is 214 Å². The topological polar surface area (TPSA) is 83.0 Å². The number of aromatic nitrogens is 1. The fourth-order valence-corrected chi connectivity index (χ4v) is 3.84. The molecule has 0 saturated carbocycles. The second-order valence-electron chi connectivity index (χ2n) is 7.93. The summed E-state index contributed by atoms with van der Waals surface area (Å²) in [7, 11) is 5.20. The fourth-order valence-electron chi connectivity index (χ4n) is 3.84. The predicted molar refractivity (Wildman–Crippen MR) is 145 cm³/mol. The van der Waals surface area contributed by atoms with Crippen LogP contribution in [0.3, 0.4) is 0 Å². The Morgan fingerprint density at radius 1 is 1.12 bits per heavy atom. The van der Waals surface area contributed by atoms with E-state index in [1.807, 2.05) is 31.3 Å². The van der Waals surface area contributed by atoms with Gasteiger partial charge in [-0.1, -0.05) is 6.07 Å². The van der Waals surface area contributed by atoms with E-state index in [0.717, 1.165) is 75.3 Å². The number of likely N-dealkylation sites (tertiary alicyclic amines) is 1. The second-order valence-corrected chi connectivity index (χ2v) is 7.93. The Morgan fingerprint density at radius 3 is 2.55 bits per heavy atom. The molecule has 1 aromatic heterocycles. The molecule has 0 radical (unpaired) electrons. The van der Waals surface area contributed by atoms with Gasteiger partial charge in [-0.2, -0.15) is 0 Å². The van der Waals surface area contributed by atoms with E-state index in [2.05, 4.69) is 43.0 Å². The molecule has 0 amide bonds. The van der Waals surface area contributed by atoms with Crippen molar-refractivity contribution in [1.29, 1.82) is 0 Å². The van der Waals surface area contributed by atoms with Crippen LogP contribution in [0.4, 0.5) is 5.82 Å². The van der Waals surface area contributed by atoms with Crippen molar-refractivity contribution in [2.24, 2.45) is 4.99 Å². The van der Waals surface area contributed by atoms with Crippen LogP contribution in [0.2, 0.25) is 0 Å². The molecule has 2 aromatic rings. The zero-order valence-corrected chi connectivity index (χ0v) is 22.2. The van der Waals surface area contributed by atoms with Gasteiger partial charge in [0.15, 0.2) is 5.96 Å². The predicted octanol–water partition coefficient (Wildman–Crippen LogP) is 3.35. The van der Waals surface area contributed by atoms with Crippen molar-refractivity contribution in [3.05, 3.63) is 48.2 Å². The molecule has 0 spiro atoms. The summed E-state index contributed by atoms with van der Waals surface area (Å²) < 4.78 is 10.8. The molecule has 1 unspecified atom stereocenters. The Hall–Kier alpha value is -2.27. The van der Waals surface area contributed by atoms with Crippen LogP contribution in [0, 0.1) is 0 Å². The molecular formula is C24H37IN6O2. The van der Waals surface area contributed by atoms with Crippen LogP contribution in [-0.2, 0) is 6.54 Å². The quantitative estimate of drug-likeness (QED) is 0.166. The van der Waals surface area contributed by atoms with Gasteiger partial charge < -0.3 is 25.4 Å². The number of nitrogens with zero attached hydrogens (tertiary/aromatic N) is 3. The number of anilines is 1. The number of hydrogen-bond donors (Lipinski definition) is 3. The minimum Gasteiger partial charge on any atom is -0.497 e. The van der Waals surface area contributed by atoms with Gasteiger partial charge in [-0.3, -0.25) is 9.89 Å². The lowest BCUT2D eigenvalue weighted by molar-refractivity contribution is 0.321. The number of nitrogens with one attached hydrogen (secondary N) is 3. The van der Waals surface area contributed by atoms with E-state index in [1.54, 1.807) is 20.4 Å². The number of aliphatic imine (C=N–C) groups is 1. The lowest BCUT2D eigenvalue weighted by Gasteiger charge is -2.19. The summed E-state index contributed by atoms with van der Waals surface area (Å²) in [5, 5.41) is 10.3. The zero-order chi connectivity index (χ0) is 22.6. The number of benzene rings is 1. The minimum atomic E-state index is 0. The van der Waals surface area contributed by atoms with Crippen LogP contribution < -0.4 is 25.4 Å². The van der Waals surface area contributed by atoms with Crippen LogP contribution >= 0.6 is 24.0 Å². The van der Waals surface area contributed by atoms with Crippen molar-refractivity contribution in [3.63, 3.8) is 0 Å². The number of halogens is 1. The van der Waals surface area contributed by atoms with Gasteiger partial charge in [-0.05, 0) is 49.1 Å². The maximum atomic E-state index is 5.39. The average molecular weight is 569 g/mol. The molecule has 3 rings (SSSR count). The first-order valence-corrected chi connectivity index (χ1v) is 11.3. The monoisotopic (exact) mass is 568 g/mol. The van der Waals surface area contributed by atoms with Gasteiger partial charge >= 0.3 is 0 Å². The van der Waals surface area contributed by atoms with Crippen molar-refractivity contribution < 1.29 is 9.47 Å². The van der Waals surface area contributed by atoms with Crippen LogP contribution in [0.5, 0.6) is 11.5 Å². The molecule has 0 aliphatic carbocycles. The van der Waals surface area contributed by atoms with Gasteiger partial charge in [-0.25, -0.2) is 4.98 Å². The molecule has 2 heterocycles. The van der Waals surface area contributed by atoms with Crippen molar-refractivity contribution in [2.45, 2.75) is 31.8 Å². The summed E-state index contributed by atoms with van der Waals surface area (Å²) in [6, 6.07) is 12.3. The summed E-state index contributed by atoms with van der Waals surface area (Å²) >= 11 is 0. The van der Waals surface area contributed by atoms with Crippen molar-refractivity contribution in [1.82, 2.24) is 20.5 Å². The highest BCUT2D eigenvalue weighted by molar-refractivity contribution is 14.0. The van der Waals surface area contributed by atoms with Crippen LogP contribution in [0.1, 0.15) is 24.8 Å². The van der Waals surface area contributed by atoms with Gasteiger partial charge in [0.2, 0.25) is 0 Å². The first-order valence-electron chi connectivity index (χ1n) is 11.3. The van der Waals surface area contributed by atoms with E-state index in [9.17, 15) is 0 Å². The van der Waals surface area contributed by atoms with E-state index in [1.165, 1.54) is 5.56 Å². The smallest absolute Gasteiger partial charge is 0.191 e. The van der Waals surface area contributed by atoms with Gasteiger partial charge in [0.1, 0.15) is 17.3 Å². The number of rotatable bonds is 11. The van der Waals surface area contributed by atoms with E-state index in [-0.39, 0.29) is 24.0 Å². The average Bonchev–Trinajstić information content (AvgIpc) is 3.27. The molecule has 9 heteroatoms. The Bertz CT molecular complexity index is 830. The first-order chi connectivity index (χ1) is 15.7. The van der Waals surface area contributed by atoms with Gasteiger partial charge in [0.25, 0.3) is 0 Å². The summed E-state index contributed by atoms with van der Waals surface area (Å²) in [5.74, 6) is 3.45. The van der Waals surface area contributed by atoms with Crippen molar-refractivity contribution in [3.8, 4) is 11.5 Å². The number of hydrogen-bond acceptors (Lipinski definition) is 6. The maximum Gasteiger partial charge on any atom is 0.191 e. The standard InChI is InChI=1S/C24H36N6O2.HI/c1-25-24(28-12-7-6-11-27-23-8-4-5-10-26-23)29-20-9-13-30(18-20)17-19-14-21(31-2)16-22(15-19)32-3;/h4-5,8,10,14-16,20H,6-7,9,11-13,17-18H2,1-3H3,(H,26,27)(H2,25,28,29);1H. The lowest BCUT2D eigenvalue weighted by Crippen LogP contribution is -2.44. The van der Waals surface area contributed by atoms with Crippen LogP contribution in [0.15, 0.2) is 47.6 Å². The molecule has 1 aliphatic heterocycles. The molecule has 33 heavy (non-hydrogen) atoms. The van der Waals surface area contributed by atoms with E-state index >= 15 is 0 Å². The number of methoxy groups -OCH3 is 2. The Balaban J connectivity index is 0.00000385. The summed E-state index contributed by atoms with van der Waals surface area (Å²) in [6.45, 7) is 4.71. The summed E-state index contributed by atoms with van der Waals surface area (Å²) in [6.07, 6.45) is 5.03. The molecule has 182 valence electrons. The molecular weight excluding hydrogens is 531 g/mol. The van der Waals surface area contributed by atoms with Gasteiger partial charge in [0, 0.05) is 58.1 Å². The third-order valence-corrected chi connectivity index (χ3v) is 5.52. The molecule has 1 aromatic carbocycles. The number of pyridine rings is 1. The highest BCUT2D eigenvalue weighted by Crippen LogP contribution is 2.24. The summed E-state index contributed by atoms with van der Waals surface area (Å²) in [5.41, 5.74) is 1.20. The SMILES string of the molecule is CN=C(NCCCCNc1ccccn1)NC1CCN(Cc2cc(OC)cc(OC)c2)C1.I. The largest absolute Gasteiger partial charge is 0.497 e.